The minimum atomic E-state index is -0.337. The van der Waals surface area contributed by atoms with E-state index in [1.165, 1.54) is 0 Å². The number of nitrogens with one attached hydrogen (secondary N) is 2. The number of hydrogen-bond acceptors (Lipinski definition) is 4. The summed E-state index contributed by atoms with van der Waals surface area (Å²) in [6.45, 7) is 2.80. The molecule has 3 aromatic rings. The summed E-state index contributed by atoms with van der Waals surface area (Å²) in [5.41, 5.74) is 5.06. The largest absolute Gasteiger partial charge is 0.493 e. The highest BCUT2D eigenvalue weighted by Crippen LogP contribution is 2.29. The minimum absolute atomic E-state index is 0.337. The Balaban J connectivity index is 1.96. The van der Waals surface area contributed by atoms with E-state index in [0.29, 0.717) is 18.0 Å². The lowest BCUT2D eigenvalue weighted by molar-refractivity contribution is 0.0954. The first kappa shape index (κ1) is 16.0. The first-order valence-electron chi connectivity index (χ1n) is 7.96. The number of unbranched alkanes of at least 4 members (excludes halogenated alkanes) is 1. The predicted molar refractivity (Wildman–Crippen MR) is 93.6 cm³/mol. The summed E-state index contributed by atoms with van der Waals surface area (Å²) in [6, 6.07) is 13.0. The molecule has 6 heteroatoms. The average Bonchev–Trinajstić information content (AvgIpc) is 3.04. The number of aromatic nitrogens is 2. The van der Waals surface area contributed by atoms with E-state index in [2.05, 4.69) is 22.3 Å². The van der Waals surface area contributed by atoms with Crippen LogP contribution in [0.15, 0.2) is 42.5 Å². The van der Waals surface area contributed by atoms with Crippen LogP contribution in [0.25, 0.3) is 22.4 Å². The van der Waals surface area contributed by atoms with Gasteiger partial charge in [-0.15, -0.1) is 0 Å². The van der Waals surface area contributed by atoms with Crippen molar-refractivity contribution in [2.45, 2.75) is 19.8 Å². The maximum absolute atomic E-state index is 11.6. The Labute approximate surface area is 140 Å². The molecule has 6 nitrogen and oxygen atoms in total. The standard InChI is InChI=1S/C18H20N4O2/c1-2-3-10-24-16-7-5-4-6-13(16)17-20-14-9-8-12(18(23)22-19)11-15(14)21-17/h4-9,11H,2-3,10,19H2,1H3,(H,20,21)(H,22,23). The third-order valence-electron chi connectivity index (χ3n) is 3.77. The molecule has 0 atom stereocenters. The van der Waals surface area contributed by atoms with Gasteiger partial charge in [-0.05, 0) is 36.8 Å². The minimum Gasteiger partial charge on any atom is -0.493 e. The third-order valence-corrected chi connectivity index (χ3v) is 3.77. The van der Waals surface area contributed by atoms with Crippen molar-refractivity contribution in [3.8, 4) is 17.1 Å². The quantitative estimate of drug-likeness (QED) is 0.281. The fourth-order valence-corrected chi connectivity index (χ4v) is 2.48. The van der Waals surface area contributed by atoms with Crippen molar-refractivity contribution in [3.05, 3.63) is 48.0 Å². The molecular formula is C18H20N4O2. The normalized spacial score (nSPS) is 10.8. The summed E-state index contributed by atoms with van der Waals surface area (Å²) < 4.78 is 5.87. The molecule has 0 spiro atoms. The number of hydrogen-bond donors (Lipinski definition) is 3. The third kappa shape index (κ3) is 3.23. The van der Waals surface area contributed by atoms with Gasteiger partial charge in [-0.3, -0.25) is 10.2 Å². The molecule has 2 aromatic carbocycles. The van der Waals surface area contributed by atoms with Crippen LogP contribution in [0.1, 0.15) is 30.1 Å². The fourth-order valence-electron chi connectivity index (χ4n) is 2.48. The van der Waals surface area contributed by atoms with E-state index in [9.17, 15) is 4.79 Å². The van der Waals surface area contributed by atoms with Crippen molar-refractivity contribution in [2.24, 2.45) is 5.84 Å². The molecule has 0 aliphatic heterocycles. The van der Waals surface area contributed by atoms with Gasteiger partial charge >= 0.3 is 0 Å². The second kappa shape index (κ2) is 7.14. The Bertz CT molecular complexity index is 857. The molecule has 4 N–H and O–H groups in total. The number of amides is 1. The molecule has 124 valence electrons. The molecule has 1 amide bonds. The van der Waals surface area contributed by atoms with Gasteiger partial charge < -0.3 is 9.72 Å². The molecule has 0 bridgehead atoms. The maximum Gasteiger partial charge on any atom is 0.265 e. The molecule has 0 saturated heterocycles. The van der Waals surface area contributed by atoms with Gasteiger partial charge in [-0.25, -0.2) is 10.8 Å². The Hall–Kier alpha value is -2.86. The zero-order valence-corrected chi connectivity index (χ0v) is 13.5. The molecule has 0 unspecified atom stereocenters. The van der Waals surface area contributed by atoms with Crippen LogP contribution in [0, 0.1) is 0 Å². The second-order valence-electron chi connectivity index (χ2n) is 5.49. The Morgan fingerprint density at radius 3 is 2.92 bits per heavy atom. The van der Waals surface area contributed by atoms with Crippen molar-refractivity contribution in [2.75, 3.05) is 6.61 Å². The number of aromatic amines is 1. The lowest BCUT2D eigenvalue weighted by atomic mass is 10.2. The number of nitrogens with two attached hydrogens (primary N) is 1. The zero-order valence-electron chi connectivity index (χ0n) is 13.5. The van der Waals surface area contributed by atoms with E-state index in [0.717, 1.165) is 35.2 Å². The van der Waals surface area contributed by atoms with Gasteiger partial charge in [0.25, 0.3) is 5.91 Å². The SMILES string of the molecule is CCCCOc1ccccc1-c1nc2ccc(C(=O)NN)cc2[nH]1. The number of nitrogens with zero attached hydrogens (tertiary/aromatic N) is 1. The van der Waals surface area contributed by atoms with Crippen LogP contribution in [0.4, 0.5) is 0 Å². The van der Waals surface area contributed by atoms with Gasteiger partial charge in [0.05, 0.1) is 23.2 Å². The maximum atomic E-state index is 11.6. The van der Waals surface area contributed by atoms with E-state index >= 15 is 0 Å². The predicted octanol–water partition coefficient (Wildman–Crippen LogP) is 3.01. The molecule has 0 aliphatic carbocycles. The van der Waals surface area contributed by atoms with Gasteiger partial charge in [-0.2, -0.15) is 0 Å². The van der Waals surface area contributed by atoms with E-state index in [1.54, 1.807) is 18.2 Å². The molecule has 1 heterocycles. The van der Waals surface area contributed by atoms with E-state index in [-0.39, 0.29) is 5.91 Å². The topological polar surface area (TPSA) is 93.0 Å². The van der Waals surface area contributed by atoms with Crippen LogP contribution < -0.4 is 16.0 Å². The smallest absolute Gasteiger partial charge is 0.265 e. The van der Waals surface area contributed by atoms with Crippen LogP contribution >= 0.6 is 0 Å². The van der Waals surface area contributed by atoms with Crippen LogP contribution in [0.2, 0.25) is 0 Å². The summed E-state index contributed by atoms with van der Waals surface area (Å²) in [4.78, 5) is 19.5. The van der Waals surface area contributed by atoms with Gasteiger partial charge in [-0.1, -0.05) is 25.5 Å². The zero-order chi connectivity index (χ0) is 16.9. The number of H-pyrrole nitrogens is 1. The Kier molecular flexibility index (Phi) is 4.77. The monoisotopic (exact) mass is 324 g/mol. The number of nitrogen functional groups attached to an aromatic ring is 1. The number of para-hydroxylation sites is 1. The number of carbonyl (C=O) groups excluding carboxylic acids is 1. The lowest BCUT2D eigenvalue weighted by Gasteiger charge is -2.09. The van der Waals surface area contributed by atoms with Crippen LogP contribution in [0.5, 0.6) is 5.75 Å². The number of benzene rings is 2. The van der Waals surface area contributed by atoms with Crippen molar-refractivity contribution in [1.29, 1.82) is 0 Å². The van der Waals surface area contributed by atoms with Crippen molar-refractivity contribution >= 4 is 16.9 Å². The average molecular weight is 324 g/mol. The van der Waals surface area contributed by atoms with E-state index < -0.39 is 0 Å². The molecule has 0 radical (unpaired) electrons. The molecule has 0 aliphatic rings. The summed E-state index contributed by atoms with van der Waals surface area (Å²) >= 11 is 0. The van der Waals surface area contributed by atoms with Gasteiger partial charge in [0.2, 0.25) is 0 Å². The number of ether oxygens (including phenoxy) is 1. The Morgan fingerprint density at radius 2 is 2.12 bits per heavy atom. The number of hydrazine groups is 1. The number of imidazole rings is 1. The summed E-state index contributed by atoms with van der Waals surface area (Å²) in [6.07, 6.45) is 2.09. The highest BCUT2D eigenvalue weighted by Gasteiger charge is 2.12. The highest BCUT2D eigenvalue weighted by molar-refractivity contribution is 5.97. The lowest BCUT2D eigenvalue weighted by Crippen LogP contribution is -2.29. The molecule has 0 saturated carbocycles. The first-order valence-corrected chi connectivity index (χ1v) is 7.96. The van der Waals surface area contributed by atoms with Crippen molar-refractivity contribution in [1.82, 2.24) is 15.4 Å². The van der Waals surface area contributed by atoms with Gasteiger partial charge in [0.15, 0.2) is 0 Å². The van der Waals surface area contributed by atoms with E-state index in [4.69, 9.17) is 10.6 Å². The molecule has 3 rings (SSSR count). The molecule has 0 fully saturated rings. The summed E-state index contributed by atoms with van der Waals surface area (Å²) in [5.74, 6) is 6.35. The van der Waals surface area contributed by atoms with Crippen molar-refractivity contribution in [3.63, 3.8) is 0 Å². The van der Waals surface area contributed by atoms with Gasteiger partial charge in [0, 0.05) is 5.56 Å². The first-order chi connectivity index (χ1) is 11.7. The van der Waals surface area contributed by atoms with Crippen LogP contribution in [-0.2, 0) is 0 Å². The van der Waals surface area contributed by atoms with Gasteiger partial charge in [0.1, 0.15) is 11.6 Å². The highest BCUT2D eigenvalue weighted by atomic mass is 16.5. The van der Waals surface area contributed by atoms with Crippen LogP contribution in [-0.4, -0.2) is 22.5 Å². The summed E-state index contributed by atoms with van der Waals surface area (Å²) in [5, 5.41) is 0. The fraction of sp³-hybridized carbons (Fsp3) is 0.222. The van der Waals surface area contributed by atoms with Crippen molar-refractivity contribution < 1.29 is 9.53 Å². The molecular weight excluding hydrogens is 304 g/mol. The number of fused-ring (bicyclic) bond motifs is 1. The number of carbonyl (C=O) groups is 1. The second-order valence-corrected chi connectivity index (χ2v) is 5.49. The Morgan fingerprint density at radius 1 is 1.29 bits per heavy atom. The van der Waals surface area contributed by atoms with Crippen LogP contribution in [0.3, 0.4) is 0 Å². The summed E-state index contributed by atoms with van der Waals surface area (Å²) in [7, 11) is 0. The number of rotatable bonds is 6. The van der Waals surface area contributed by atoms with E-state index in [1.807, 2.05) is 24.3 Å². The molecule has 1 aromatic heterocycles. The molecule has 24 heavy (non-hydrogen) atoms.